The van der Waals surface area contributed by atoms with Crippen LogP contribution in [0.1, 0.15) is 36.5 Å². The van der Waals surface area contributed by atoms with Crippen molar-refractivity contribution >= 4 is 34.1 Å². The predicted molar refractivity (Wildman–Crippen MR) is 154 cm³/mol. The number of nitrogens with zero attached hydrogens (tertiary/aromatic N) is 4. The summed E-state index contributed by atoms with van der Waals surface area (Å²) in [4.78, 5) is 4.96. The number of aryl methyl sites for hydroxylation is 1. The van der Waals surface area contributed by atoms with Crippen LogP contribution in [-0.4, -0.2) is 40.5 Å². The molecule has 5 rings (SSSR count). The first-order valence-corrected chi connectivity index (χ1v) is 13.8. The lowest BCUT2D eigenvalue weighted by Crippen LogP contribution is -2.45. The van der Waals surface area contributed by atoms with E-state index in [0.717, 1.165) is 79.8 Å². The second kappa shape index (κ2) is 11.7. The summed E-state index contributed by atoms with van der Waals surface area (Å²) in [5, 5.41) is 12.2. The molecule has 4 aromatic rings. The van der Waals surface area contributed by atoms with Gasteiger partial charge in [-0.25, -0.2) is 0 Å². The number of hydrogen-bond donors (Lipinski definition) is 0. The minimum absolute atomic E-state index is 0.694. The molecule has 0 atom stereocenters. The van der Waals surface area contributed by atoms with Gasteiger partial charge < -0.3 is 4.57 Å². The molecular formula is C31H32Cl2N4. The lowest BCUT2D eigenvalue weighted by molar-refractivity contribution is 0.122. The lowest BCUT2D eigenvalue weighted by Gasteiger charge is -2.35. The Labute approximate surface area is 229 Å². The Hall–Kier alpha value is -2.81. The number of aromatic nitrogens is 1. The Bertz CT molecular complexity index is 1410. The molecule has 0 saturated carbocycles. The number of unbranched alkanes of at least 4 members (excludes halogenated alkanes) is 1. The molecular weight excluding hydrogens is 499 g/mol. The fourth-order valence-corrected chi connectivity index (χ4v) is 5.73. The second-order valence-corrected chi connectivity index (χ2v) is 10.7. The summed E-state index contributed by atoms with van der Waals surface area (Å²) in [5.74, 6) is 0. The number of hydrogen-bond acceptors (Lipinski definition) is 3. The quantitative estimate of drug-likeness (QED) is 0.235. The molecule has 1 aliphatic rings. The van der Waals surface area contributed by atoms with Crippen LogP contribution < -0.4 is 0 Å². The summed E-state index contributed by atoms with van der Waals surface area (Å²) in [6.07, 6.45) is 4.57. The average Bonchev–Trinajstić information content (AvgIpc) is 3.28. The first-order chi connectivity index (χ1) is 18.1. The Balaban J connectivity index is 1.33. The molecule has 37 heavy (non-hydrogen) atoms. The standard InChI is InChI=1S/C31H32Cl2N4/c1-2-3-12-37-22-27(25-7-4-6-23(17-25)19-34)26-18-24(10-11-31(26)37)20-35-13-15-36(16-14-35)21-28-29(32)8-5-9-30(28)33/h4-11,17-18,22H,2-3,12-16,20-21H2,1H3. The zero-order valence-corrected chi connectivity index (χ0v) is 22.8. The fraction of sp³-hybridized carbons (Fsp3) is 0.323. The maximum absolute atomic E-state index is 9.42. The highest BCUT2D eigenvalue weighted by Crippen LogP contribution is 2.33. The fourth-order valence-electron chi connectivity index (χ4n) is 5.21. The molecule has 2 heterocycles. The minimum atomic E-state index is 0.694. The molecule has 0 radical (unpaired) electrons. The van der Waals surface area contributed by atoms with E-state index in [1.54, 1.807) is 0 Å². The Kier molecular flexibility index (Phi) is 8.17. The Morgan fingerprint density at radius 1 is 0.865 bits per heavy atom. The van der Waals surface area contributed by atoms with Gasteiger partial charge in [0.2, 0.25) is 0 Å². The second-order valence-electron chi connectivity index (χ2n) is 9.89. The monoisotopic (exact) mass is 530 g/mol. The largest absolute Gasteiger partial charge is 0.347 e. The van der Waals surface area contributed by atoms with Crippen LogP contribution in [0.2, 0.25) is 10.0 Å². The summed E-state index contributed by atoms with van der Waals surface area (Å²) in [6, 6.07) is 22.8. The lowest BCUT2D eigenvalue weighted by atomic mass is 10.0. The van der Waals surface area contributed by atoms with E-state index in [4.69, 9.17) is 23.2 Å². The highest BCUT2D eigenvalue weighted by Gasteiger charge is 2.20. The normalized spacial score (nSPS) is 14.8. The molecule has 0 amide bonds. The summed E-state index contributed by atoms with van der Waals surface area (Å²) in [7, 11) is 0. The third-order valence-electron chi connectivity index (χ3n) is 7.32. The Morgan fingerprint density at radius 2 is 1.57 bits per heavy atom. The average molecular weight is 532 g/mol. The molecule has 0 spiro atoms. The summed E-state index contributed by atoms with van der Waals surface area (Å²) < 4.78 is 2.37. The Morgan fingerprint density at radius 3 is 2.27 bits per heavy atom. The summed E-state index contributed by atoms with van der Waals surface area (Å²) >= 11 is 12.8. The van der Waals surface area contributed by atoms with Crippen molar-refractivity contribution in [3.05, 3.63) is 93.6 Å². The van der Waals surface area contributed by atoms with E-state index in [0.29, 0.717) is 5.56 Å². The van der Waals surface area contributed by atoms with Crippen LogP contribution in [0.15, 0.2) is 66.9 Å². The number of halogens is 2. The predicted octanol–water partition coefficient (Wildman–Crippen LogP) is 7.60. The van der Waals surface area contributed by atoms with E-state index < -0.39 is 0 Å². The van der Waals surface area contributed by atoms with Crippen molar-refractivity contribution in [2.45, 2.75) is 39.4 Å². The summed E-state index contributed by atoms with van der Waals surface area (Å²) in [5.41, 5.74) is 6.59. The van der Waals surface area contributed by atoms with Crippen LogP contribution in [0.3, 0.4) is 0 Å². The molecule has 190 valence electrons. The van der Waals surface area contributed by atoms with Gasteiger partial charge in [-0.3, -0.25) is 9.80 Å². The van der Waals surface area contributed by atoms with Crippen LogP contribution in [0, 0.1) is 11.3 Å². The van der Waals surface area contributed by atoms with Gasteiger partial charge in [0, 0.05) is 84.1 Å². The summed E-state index contributed by atoms with van der Waals surface area (Å²) in [6.45, 7) is 8.94. The number of fused-ring (bicyclic) bond motifs is 1. The highest BCUT2D eigenvalue weighted by atomic mass is 35.5. The van der Waals surface area contributed by atoms with Gasteiger partial charge in [0.15, 0.2) is 0 Å². The third kappa shape index (κ3) is 5.87. The molecule has 1 aromatic heterocycles. The first-order valence-electron chi connectivity index (χ1n) is 13.1. The first kappa shape index (κ1) is 25.8. The van der Waals surface area contributed by atoms with Gasteiger partial charge in [-0.05, 0) is 53.9 Å². The molecule has 1 aliphatic heterocycles. The number of rotatable bonds is 8. The smallest absolute Gasteiger partial charge is 0.0991 e. The van der Waals surface area contributed by atoms with E-state index in [2.05, 4.69) is 57.8 Å². The van der Waals surface area contributed by atoms with E-state index in [1.165, 1.54) is 22.0 Å². The van der Waals surface area contributed by atoms with Crippen LogP contribution in [0.5, 0.6) is 0 Å². The molecule has 0 unspecified atom stereocenters. The van der Waals surface area contributed by atoms with Gasteiger partial charge in [-0.1, -0.05) is 60.8 Å². The van der Waals surface area contributed by atoms with E-state index in [-0.39, 0.29) is 0 Å². The van der Waals surface area contributed by atoms with E-state index in [1.807, 2.05) is 36.4 Å². The van der Waals surface area contributed by atoms with E-state index >= 15 is 0 Å². The van der Waals surface area contributed by atoms with Gasteiger partial charge in [0.25, 0.3) is 0 Å². The molecule has 0 N–H and O–H groups in total. The topological polar surface area (TPSA) is 35.2 Å². The highest BCUT2D eigenvalue weighted by molar-refractivity contribution is 6.35. The van der Waals surface area contributed by atoms with Gasteiger partial charge in [-0.2, -0.15) is 5.26 Å². The number of piperazine rings is 1. The van der Waals surface area contributed by atoms with Crippen LogP contribution in [0.25, 0.3) is 22.0 Å². The van der Waals surface area contributed by atoms with Crippen LogP contribution >= 0.6 is 23.2 Å². The number of nitriles is 1. The molecule has 3 aromatic carbocycles. The molecule has 6 heteroatoms. The van der Waals surface area contributed by atoms with Gasteiger partial charge in [0.1, 0.15) is 0 Å². The van der Waals surface area contributed by atoms with Gasteiger partial charge in [0.05, 0.1) is 11.6 Å². The van der Waals surface area contributed by atoms with Crippen molar-refractivity contribution in [3.8, 4) is 17.2 Å². The maximum atomic E-state index is 9.42. The van der Waals surface area contributed by atoms with Crippen LogP contribution in [-0.2, 0) is 19.6 Å². The van der Waals surface area contributed by atoms with Crippen LogP contribution in [0.4, 0.5) is 0 Å². The molecule has 4 nitrogen and oxygen atoms in total. The third-order valence-corrected chi connectivity index (χ3v) is 8.02. The number of benzene rings is 3. The van der Waals surface area contributed by atoms with Crippen molar-refractivity contribution in [1.82, 2.24) is 14.4 Å². The van der Waals surface area contributed by atoms with Crippen molar-refractivity contribution in [2.24, 2.45) is 0 Å². The van der Waals surface area contributed by atoms with Crippen molar-refractivity contribution in [1.29, 1.82) is 5.26 Å². The van der Waals surface area contributed by atoms with Crippen molar-refractivity contribution in [3.63, 3.8) is 0 Å². The molecule has 0 bridgehead atoms. The zero-order valence-electron chi connectivity index (χ0n) is 21.3. The van der Waals surface area contributed by atoms with Gasteiger partial charge >= 0.3 is 0 Å². The van der Waals surface area contributed by atoms with Crippen molar-refractivity contribution < 1.29 is 0 Å². The molecule has 1 saturated heterocycles. The minimum Gasteiger partial charge on any atom is -0.347 e. The maximum Gasteiger partial charge on any atom is 0.0991 e. The van der Waals surface area contributed by atoms with E-state index in [9.17, 15) is 5.26 Å². The molecule has 0 aliphatic carbocycles. The van der Waals surface area contributed by atoms with Gasteiger partial charge in [-0.15, -0.1) is 0 Å². The van der Waals surface area contributed by atoms with Crippen molar-refractivity contribution in [2.75, 3.05) is 26.2 Å². The zero-order chi connectivity index (χ0) is 25.8. The SMILES string of the molecule is CCCCn1cc(-c2cccc(C#N)c2)c2cc(CN3CCN(Cc4c(Cl)cccc4Cl)CC3)ccc21. The molecule has 1 fully saturated rings.